The SMILES string of the molecule is CC(C)(C)OC(=O)NCc1cc(F)cc(-c2ccn[nH]2)c1. The summed E-state index contributed by atoms with van der Waals surface area (Å²) in [5.74, 6) is -0.372. The molecule has 21 heavy (non-hydrogen) atoms. The number of hydrogen-bond acceptors (Lipinski definition) is 3. The van der Waals surface area contributed by atoms with Gasteiger partial charge in [0.1, 0.15) is 11.4 Å². The fourth-order valence-corrected chi connectivity index (χ4v) is 1.81. The van der Waals surface area contributed by atoms with Crippen molar-refractivity contribution in [2.24, 2.45) is 0 Å². The molecular formula is C15H18FN3O2. The number of carbonyl (C=O) groups is 1. The van der Waals surface area contributed by atoms with E-state index in [1.54, 1.807) is 39.1 Å². The van der Waals surface area contributed by atoms with Crippen LogP contribution in [-0.4, -0.2) is 21.9 Å². The molecule has 2 N–H and O–H groups in total. The summed E-state index contributed by atoms with van der Waals surface area (Å²) in [4.78, 5) is 11.6. The van der Waals surface area contributed by atoms with Crippen molar-refractivity contribution in [3.05, 3.63) is 41.8 Å². The fourth-order valence-electron chi connectivity index (χ4n) is 1.81. The number of nitrogens with zero attached hydrogens (tertiary/aromatic N) is 1. The predicted octanol–water partition coefficient (Wildman–Crippen LogP) is 3.24. The molecule has 0 saturated heterocycles. The Kier molecular flexibility index (Phi) is 4.26. The zero-order chi connectivity index (χ0) is 15.5. The van der Waals surface area contributed by atoms with Gasteiger partial charge in [0.15, 0.2) is 0 Å². The van der Waals surface area contributed by atoms with Crippen LogP contribution < -0.4 is 5.32 Å². The summed E-state index contributed by atoms with van der Waals surface area (Å²) in [6.45, 7) is 5.54. The first kappa shape index (κ1) is 15.0. The van der Waals surface area contributed by atoms with E-state index in [9.17, 15) is 9.18 Å². The maximum absolute atomic E-state index is 13.6. The van der Waals surface area contributed by atoms with Crippen molar-refractivity contribution in [2.75, 3.05) is 0 Å². The van der Waals surface area contributed by atoms with E-state index in [-0.39, 0.29) is 12.4 Å². The Morgan fingerprint density at radius 2 is 2.14 bits per heavy atom. The molecule has 0 spiro atoms. The molecule has 0 saturated carbocycles. The van der Waals surface area contributed by atoms with E-state index >= 15 is 0 Å². The van der Waals surface area contributed by atoms with Gasteiger partial charge >= 0.3 is 6.09 Å². The van der Waals surface area contributed by atoms with Crippen LogP contribution in [0.3, 0.4) is 0 Å². The van der Waals surface area contributed by atoms with Gasteiger partial charge in [0, 0.05) is 18.3 Å². The van der Waals surface area contributed by atoms with Crippen LogP contribution in [0.25, 0.3) is 11.3 Å². The van der Waals surface area contributed by atoms with Crippen LogP contribution in [0.4, 0.5) is 9.18 Å². The molecule has 0 aliphatic heterocycles. The number of carbonyl (C=O) groups excluding carboxylic acids is 1. The second kappa shape index (κ2) is 5.95. The first-order valence-electron chi connectivity index (χ1n) is 6.59. The number of amides is 1. The summed E-state index contributed by atoms with van der Waals surface area (Å²) in [7, 11) is 0. The van der Waals surface area contributed by atoms with Gasteiger partial charge in [-0.2, -0.15) is 5.10 Å². The van der Waals surface area contributed by atoms with Gasteiger partial charge in [-0.1, -0.05) is 0 Å². The van der Waals surface area contributed by atoms with Crippen molar-refractivity contribution in [1.82, 2.24) is 15.5 Å². The lowest BCUT2D eigenvalue weighted by Crippen LogP contribution is -2.32. The average molecular weight is 291 g/mol. The molecule has 0 aliphatic carbocycles. The number of rotatable bonds is 3. The molecular weight excluding hydrogens is 273 g/mol. The summed E-state index contributed by atoms with van der Waals surface area (Å²) in [5, 5.41) is 9.21. The van der Waals surface area contributed by atoms with E-state index in [1.807, 2.05) is 0 Å². The van der Waals surface area contributed by atoms with Crippen molar-refractivity contribution < 1.29 is 13.9 Å². The van der Waals surface area contributed by atoms with Gasteiger partial charge in [0.25, 0.3) is 0 Å². The van der Waals surface area contributed by atoms with Gasteiger partial charge in [-0.3, -0.25) is 5.10 Å². The minimum absolute atomic E-state index is 0.188. The van der Waals surface area contributed by atoms with E-state index in [4.69, 9.17) is 4.74 Å². The number of alkyl carbamates (subject to hydrolysis) is 1. The first-order chi connectivity index (χ1) is 9.83. The third kappa shape index (κ3) is 4.59. The Morgan fingerprint density at radius 3 is 2.76 bits per heavy atom. The monoisotopic (exact) mass is 291 g/mol. The van der Waals surface area contributed by atoms with Crippen LogP contribution >= 0.6 is 0 Å². The highest BCUT2D eigenvalue weighted by Gasteiger charge is 2.15. The van der Waals surface area contributed by atoms with Gasteiger partial charge < -0.3 is 10.1 Å². The molecule has 6 heteroatoms. The highest BCUT2D eigenvalue weighted by molar-refractivity contribution is 5.68. The number of aromatic nitrogens is 2. The minimum atomic E-state index is -0.562. The van der Waals surface area contributed by atoms with Crippen LogP contribution in [-0.2, 0) is 11.3 Å². The van der Waals surface area contributed by atoms with Crippen LogP contribution in [0.2, 0.25) is 0 Å². The van der Waals surface area contributed by atoms with Crippen molar-refractivity contribution >= 4 is 6.09 Å². The number of halogens is 1. The summed E-state index contributed by atoms with van der Waals surface area (Å²) >= 11 is 0. The molecule has 0 radical (unpaired) electrons. The van der Waals surface area contributed by atoms with E-state index < -0.39 is 11.7 Å². The molecule has 0 unspecified atom stereocenters. The molecule has 2 aromatic rings. The topological polar surface area (TPSA) is 67.0 Å². The molecule has 1 aromatic heterocycles. The number of H-pyrrole nitrogens is 1. The van der Waals surface area contributed by atoms with Crippen LogP contribution in [0.5, 0.6) is 0 Å². The highest BCUT2D eigenvalue weighted by Crippen LogP contribution is 2.19. The van der Waals surface area contributed by atoms with Crippen molar-refractivity contribution in [1.29, 1.82) is 0 Å². The minimum Gasteiger partial charge on any atom is -0.444 e. The van der Waals surface area contributed by atoms with Gasteiger partial charge in [-0.15, -0.1) is 0 Å². The van der Waals surface area contributed by atoms with E-state index in [2.05, 4.69) is 15.5 Å². The average Bonchev–Trinajstić information content (AvgIpc) is 2.87. The summed E-state index contributed by atoms with van der Waals surface area (Å²) < 4.78 is 18.8. The molecule has 2 rings (SSSR count). The Bertz CT molecular complexity index is 618. The zero-order valence-electron chi connectivity index (χ0n) is 12.2. The highest BCUT2D eigenvalue weighted by atomic mass is 19.1. The lowest BCUT2D eigenvalue weighted by molar-refractivity contribution is 0.0523. The quantitative estimate of drug-likeness (QED) is 0.912. The van der Waals surface area contributed by atoms with Crippen molar-refractivity contribution in [3.63, 3.8) is 0 Å². The lowest BCUT2D eigenvalue weighted by Gasteiger charge is -2.19. The number of benzene rings is 1. The smallest absolute Gasteiger partial charge is 0.407 e. The number of aromatic amines is 1. The van der Waals surface area contributed by atoms with Crippen molar-refractivity contribution in [3.8, 4) is 11.3 Å². The largest absolute Gasteiger partial charge is 0.444 e. The molecule has 1 heterocycles. The number of hydrogen-bond donors (Lipinski definition) is 2. The Morgan fingerprint density at radius 1 is 1.38 bits per heavy atom. The second-order valence-electron chi connectivity index (χ2n) is 5.67. The fraction of sp³-hybridized carbons (Fsp3) is 0.333. The van der Waals surface area contributed by atoms with E-state index in [1.165, 1.54) is 12.1 Å². The summed E-state index contributed by atoms with van der Waals surface area (Å²) in [5.41, 5.74) is 1.47. The molecule has 1 amide bonds. The standard InChI is InChI=1S/C15H18FN3O2/c1-15(2,3)21-14(20)17-9-10-6-11(8-12(16)7-10)13-4-5-18-19-13/h4-8H,9H2,1-3H3,(H,17,20)(H,18,19). The van der Waals surface area contributed by atoms with Gasteiger partial charge in [0.2, 0.25) is 0 Å². The second-order valence-corrected chi connectivity index (χ2v) is 5.67. The van der Waals surface area contributed by atoms with Crippen LogP contribution in [0.1, 0.15) is 26.3 Å². The van der Waals surface area contributed by atoms with Gasteiger partial charge in [0.05, 0.1) is 5.69 Å². The van der Waals surface area contributed by atoms with Crippen LogP contribution in [0, 0.1) is 5.82 Å². The number of ether oxygens (including phenoxy) is 1. The van der Waals surface area contributed by atoms with Crippen molar-refractivity contribution in [2.45, 2.75) is 32.9 Å². The van der Waals surface area contributed by atoms with Gasteiger partial charge in [-0.25, -0.2) is 9.18 Å². The van der Waals surface area contributed by atoms with Crippen LogP contribution in [0.15, 0.2) is 30.5 Å². The van der Waals surface area contributed by atoms with E-state index in [0.717, 1.165) is 0 Å². The molecule has 0 aliphatic rings. The Balaban J connectivity index is 2.06. The first-order valence-corrected chi connectivity index (χ1v) is 6.59. The lowest BCUT2D eigenvalue weighted by atomic mass is 10.1. The number of nitrogens with one attached hydrogen (secondary N) is 2. The molecule has 5 nitrogen and oxygen atoms in total. The zero-order valence-corrected chi connectivity index (χ0v) is 12.2. The van der Waals surface area contributed by atoms with Gasteiger partial charge in [-0.05, 0) is 50.6 Å². The summed E-state index contributed by atoms with van der Waals surface area (Å²) in [6, 6.07) is 6.32. The summed E-state index contributed by atoms with van der Waals surface area (Å²) in [6.07, 6.45) is 1.06. The predicted molar refractivity (Wildman–Crippen MR) is 77.1 cm³/mol. The third-order valence-corrected chi connectivity index (χ3v) is 2.61. The molecule has 112 valence electrons. The molecule has 0 fully saturated rings. The molecule has 1 aromatic carbocycles. The van der Waals surface area contributed by atoms with E-state index in [0.29, 0.717) is 16.8 Å². The molecule has 0 bridgehead atoms. The maximum Gasteiger partial charge on any atom is 0.407 e. The third-order valence-electron chi connectivity index (χ3n) is 2.61. The normalized spacial score (nSPS) is 11.2. The maximum atomic E-state index is 13.6. The Hall–Kier alpha value is -2.37. The molecule has 0 atom stereocenters. The Labute approximate surface area is 122 Å².